The number of carbonyl (C=O) groups excluding carboxylic acids is 1. The number of aromatic nitrogens is 4. The van der Waals surface area contributed by atoms with E-state index in [4.69, 9.17) is 5.26 Å². The van der Waals surface area contributed by atoms with E-state index in [1.54, 1.807) is 23.2 Å². The second-order valence-corrected chi connectivity index (χ2v) is 6.30. The summed E-state index contributed by atoms with van der Waals surface area (Å²) in [5.74, 6) is -0.180. The van der Waals surface area contributed by atoms with Gasteiger partial charge in [-0.3, -0.25) is 4.79 Å². The van der Waals surface area contributed by atoms with Crippen LogP contribution in [0.3, 0.4) is 0 Å². The first-order valence-electron chi connectivity index (χ1n) is 9.06. The number of nitrogens with zero attached hydrogens (tertiary/aromatic N) is 7. The Balaban J connectivity index is 1.78. The summed E-state index contributed by atoms with van der Waals surface area (Å²) in [6, 6.07) is 9.36. The van der Waals surface area contributed by atoms with Crippen LogP contribution in [0.15, 0.2) is 48.9 Å². The normalized spacial score (nSPS) is 10.4. The third-order valence-electron chi connectivity index (χ3n) is 4.46. The number of hydrogen-bond donors (Lipinski definition) is 0. The number of amides is 1. The molecule has 3 rings (SSSR count). The molecular formula is C20H20FN7O. The molecule has 2 heterocycles. The number of benzene rings is 1. The molecule has 2 aromatic heterocycles. The van der Waals surface area contributed by atoms with Gasteiger partial charge in [-0.05, 0) is 37.3 Å². The zero-order chi connectivity index (χ0) is 20.8. The molecule has 0 N–H and O–H groups in total. The van der Waals surface area contributed by atoms with E-state index in [1.807, 2.05) is 18.9 Å². The van der Waals surface area contributed by atoms with E-state index < -0.39 is 5.82 Å². The number of likely N-dealkylation sites (N-methyl/N-ethyl adjacent to an activating group) is 2. The molecule has 0 atom stereocenters. The van der Waals surface area contributed by atoms with Gasteiger partial charge in [0.25, 0.3) is 5.91 Å². The fraction of sp³-hybridized carbons (Fsp3) is 0.250. The van der Waals surface area contributed by atoms with Crippen molar-refractivity contribution in [2.24, 2.45) is 0 Å². The van der Waals surface area contributed by atoms with Gasteiger partial charge in [-0.25, -0.2) is 9.37 Å². The molecule has 3 aromatic rings. The van der Waals surface area contributed by atoms with E-state index >= 15 is 0 Å². The van der Waals surface area contributed by atoms with Gasteiger partial charge in [-0.15, -0.1) is 0 Å². The highest BCUT2D eigenvalue weighted by Crippen LogP contribution is 2.17. The Kier molecular flexibility index (Phi) is 6.14. The number of nitriles is 1. The van der Waals surface area contributed by atoms with Crippen LogP contribution in [0.2, 0.25) is 0 Å². The number of hydrogen-bond acceptors (Lipinski definition) is 6. The van der Waals surface area contributed by atoms with Crippen molar-refractivity contribution < 1.29 is 9.18 Å². The minimum Gasteiger partial charge on any atom is -0.358 e. The van der Waals surface area contributed by atoms with E-state index in [1.165, 1.54) is 35.4 Å². The van der Waals surface area contributed by atoms with E-state index in [0.29, 0.717) is 36.7 Å². The Labute approximate surface area is 167 Å². The van der Waals surface area contributed by atoms with Crippen molar-refractivity contribution in [1.29, 1.82) is 5.26 Å². The summed E-state index contributed by atoms with van der Waals surface area (Å²) in [6.45, 7) is 3.19. The van der Waals surface area contributed by atoms with E-state index in [2.05, 4.69) is 21.3 Å². The van der Waals surface area contributed by atoms with Gasteiger partial charge in [0.1, 0.15) is 11.6 Å². The maximum Gasteiger partial charge on any atom is 0.256 e. The molecule has 29 heavy (non-hydrogen) atoms. The quantitative estimate of drug-likeness (QED) is 0.612. The number of rotatable bonds is 7. The Morgan fingerprint density at radius 3 is 2.62 bits per heavy atom. The lowest BCUT2D eigenvalue weighted by atomic mass is 10.1. The van der Waals surface area contributed by atoms with E-state index in [0.717, 1.165) is 0 Å². The minimum atomic E-state index is -0.505. The molecule has 9 heteroatoms. The lowest BCUT2D eigenvalue weighted by Gasteiger charge is -2.26. The molecule has 0 aliphatic carbocycles. The van der Waals surface area contributed by atoms with Crippen LogP contribution in [0.1, 0.15) is 22.8 Å². The molecule has 1 amide bonds. The molecule has 0 spiro atoms. The highest BCUT2D eigenvalue weighted by atomic mass is 19.1. The maximum atomic E-state index is 13.9. The molecule has 0 aliphatic rings. The van der Waals surface area contributed by atoms with Gasteiger partial charge in [0.15, 0.2) is 0 Å². The molecule has 1 aromatic carbocycles. The lowest BCUT2D eigenvalue weighted by molar-refractivity contribution is 0.0768. The van der Waals surface area contributed by atoms with Crippen LogP contribution in [-0.2, 0) is 0 Å². The first kappa shape index (κ1) is 19.9. The van der Waals surface area contributed by atoms with Crippen LogP contribution in [0.25, 0.3) is 5.69 Å². The second-order valence-electron chi connectivity index (χ2n) is 6.30. The third kappa shape index (κ3) is 4.55. The maximum absolute atomic E-state index is 13.9. The van der Waals surface area contributed by atoms with Gasteiger partial charge in [-0.1, -0.05) is 0 Å². The monoisotopic (exact) mass is 393 g/mol. The van der Waals surface area contributed by atoms with Crippen LogP contribution in [0.4, 0.5) is 10.2 Å². The molecule has 0 saturated carbocycles. The van der Waals surface area contributed by atoms with Crippen molar-refractivity contribution in [2.75, 3.05) is 31.6 Å². The molecule has 0 fully saturated rings. The molecule has 0 unspecified atom stereocenters. The summed E-state index contributed by atoms with van der Waals surface area (Å²) in [5.41, 5.74) is 1.12. The predicted molar refractivity (Wildman–Crippen MR) is 105 cm³/mol. The third-order valence-corrected chi connectivity index (χ3v) is 4.46. The largest absolute Gasteiger partial charge is 0.358 e. The lowest BCUT2D eigenvalue weighted by Crippen LogP contribution is -2.38. The van der Waals surface area contributed by atoms with Gasteiger partial charge in [0.2, 0.25) is 0 Å². The van der Waals surface area contributed by atoms with Crippen LogP contribution in [0, 0.1) is 17.1 Å². The van der Waals surface area contributed by atoms with Crippen LogP contribution >= 0.6 is 0 Å². The van der Waals surface area contributed by atoms with Gasteiger partial charge in [-0.2, -0.15) is 20.3 Å². The topological polar surface area (TPSA) is 90.9 Å². The average Bonchev–Trinajstić information content (AvgIpc) is 3.28. The van der Waals surface area contributed by atoms with Crippen molar-refractivity contribution in [2.45, 2.75) is 6.92 Å². The Bertz CT molecular complexity index is 1030. The number of halogens is 1. The van der Waals surface area contributed by atoms with Crippen molar-refractivity contribution in [3.8, 4) is 11.8 Å². The first-order valence-corrected chi connectivity index (χ1v) is 9.06. The fourth-order valence-corrected chi connectivity index (χ4v) is 2.85. The van der Waals surface area contributed by atoms with Crippen molar-refractivity contribution in [3.05, 3.63) is 65.9 Å². The van der Waals surface area contributed by atoms with Gasteiger partial charge in [0, 0.05) is 32.9 Å². The minimum absolute atomic E-state index is 0.190. The predicted octanol–water partition coefficient (Wildman–Crippen LogP) is 2.27. The molecule has 148 valence electrons. The Morgan fingerprint density at radius 1 is 1.17 bits per heavy atom. The van der Waals surface area contributed by atoms with Gasteiger partial charge < -0.3 is 9.80 Å². The Morgan fingerprint density at radius 2 is 1.93 bits per heavy atom. The molecule has 0 saturated heterocycles. The van der Waals surface area contributed by atoms with Crippen LogP contribution < -0.4 is 4.90 Å². The molecule has 8 nitrogen and oxygen atoms in total. The van der Waals surface area contributed by atoms with Crippen molar-refractivity contribution in [1.82, 2.24) is 24.9 Å². The number of carbonyl (C=O) groups is 1. The first-order chi connectivity index (χ1) is 14.0. The SMILES string of the molecule is CCN(CCN(C)c1cc(C#N)ccn1)C(=O)c1cc(F)ccc1-n1nccn1. The zero-order valence-electron chi connectivity index (χ0n) is 16.2. The molecule has 0 bridgehead atoms. The standard InChI is InChI=1S/C20H20FN7O/c1-3-27(11-10-26(2)19-12-15(14-22)6-7-23-19)20(29)17-13-16(21)4-5-18(17)28-24-8-9-25-28/h4-9,12-13H,3,10-11H2,1-2H3. The highest BCUT2D eigenvalue weighted by molar-refractivity contribution is 5.97. The molecule has 0 radical (unpaired) electrons. The van der Waals surface area contributed by atoms with Crippen molar-refractivity contribution in [3.63, 3.8) is 0 Å². The molecule has 0 aliphatic heterocycles. The van der Waals surface area contributed by atoms with E-state index in [-0.39, 0.29) is 11.5 Å². The summed E-state index contributed by atoms with van der Waals surface area (Å²) in [5, 5.41) is 17.1. The Hall–Kier alpha value is -3.80. The average molecular weight is 393 g/mol. The smallest absolute Gasteiger partial charge is 0.256 e. The second kappa shape index (κ2) is 8.93. The van der Waals surface area contributed by atoms with Gasteiger partial charge >= 0.3 is 0 Å². The highest BCUT2D eigenvalue weighted by Gasteiger charge is 2.21. The zero-order valence-corrected chi connectivity index (χ0v) is 16.2. The number of anilines is 1. The summed E-state index contributed by atoms with van der Waals surface area (Å²) in [4.78, 5) is 22.1. The van der Waals surface area contributed by atoms with Crippen LogP contribution in [-0.4, -0.2) is 57.5 Å². The van der Waals surface area contributed by atoms with Crippen LogP contribution in [0.5, 0.6) is 0 Å². The number of pyridine rings is 1. The molecular weight excluding hydrogens is 373 g/mol. The summed E-state index contributed by atoms with van der Waals surface area (Å²) in [6.07, 6.45) is 4.56. The van der Waals surface area contributed by atoms with E-state index in [9.17, 15) is 9.18 Å². The summed E-state index contributed by atoms with van der Waals surface area (Å²) < 4.78 is 13.9. The summed E-state index contributed by atoms with van der Waals surface area (Å²) >= 11 is 0. The fourth-order valence-electron chi connectivity index (χ4n) is 2.85. The van der Waals surface area contributed by atoms with Gasteiger partial charge in [0.05, 0.1) is 35.3 Å². The van der Waals surface area contributed by atoms with Crippen molar-refractivity contribution >= 4 is 11.7 Å². The summed E-state index contributed by atoms with van der Waals surface area (Å²) in [7, 11) is 1.84.